The number of benzene rings is 2. The Hall–Kier alpha value is -5.34. The van der Waals surface area contributed by atoms with Gasteiger partial charge in [-0.2, -0.15) is 0 Å². The molecule has 5 aliphatic heterocycles. The summed E-state index contributed by atoms with van der Waals surface area (Å²) in [6, 6.07) is 9.96. The van der Waals surface area contributed by atoms with Crippen molar-refractivity contribution >= 4 is 36.0 Å². The maximum atomic E-state index is 13.6. The number of hydrogen-bond acceptors (Lipinski definition) is 11. The van der Waals surface area contributed by atoms with Gasteiger partial charge in [0, 0.05) is 13.1 Å². The molecule has 54 heavy (non-hydrogen) atoms. The Kier molecular flexibility index (Phi) is 10.7. The third-order valence-electron chi connectivity index (χ3n) is 11.0. The molecule has 0 spiro atoms. The fourth-order valence-corrected chi connectivity index (χ4v) is 8.06. The Balaban J connectivity index is 0.971. The van der Waals surface area contributed by atoms with Crippen molar-refractivity contribution in [3.05, 3.63) is 47.5 Å². The highest BCUT2D eigenvalue weighted by Crippen LogP contribution is 2.47. The smallest absolute Gasteiger partial charge is 0.407 e. The number of likely N-dealkylation sites (tertiary alicyclic amines) is 2. The lowest BCUT2D eigenvalue weighted by atomic mass is 10.0. The third kappa shape index (κ3) is 7.27. The molecule has 2 aromatic carbocycles. The number of amidine groups is 2. The van der Waals surface area contributed by atoms with E-state index in [2.05, 4.69) is 21.3 Å². The zero-order valence-electron chi connectivity index (χ0n) is 31.5. The first-order valence-electron chi connectivity index (χ1n) is 19.0. The summed E-state index contributed by atoms with van der Waals surface area (Å²) in [6.07, 6.45) is 3.29. The average Bonchev–Trinajstić information content (AvgIpc) is 4.00. The highest BCUT2D eigenvalue weighted by atomic mass is 16.6. The van der Waals surface area contributed by atoms with E-state index >= 15 is 0 Å². The summed E-state index contributed by atoms with van der Waals surface area (Å²) >= 11 is 0. The Morgan fingerprint density at radius 2 is 1.26 bits per heavy atom. The number of fused-ring (bicyclic) bond motifs is 2. The van der Waals surface area contributed by atoms with E-state index in [1.54, 1.807) is 0 Å². The van der Waals surface area contributed by atoms with E-state index in [0.29, 0.717) is 55.6 Å². The van der Waals surface area contributed by atoms with Crippen molar-refractivity contribution in [1.29, 1.82) is 0 Å². The second kappa shape index (κ2) is 15.6. The van der Waals surface area contributed by atoms with E-state index in [4.69, 9.17) is 24.2 Å². The van der Waals surface area contributed by atoms with Crippen LogP contribution in [0.25, 0.3) is 0 Å². The normalized spacial score (nSPS) is 23.9. The molecular weight excluding hydrogens is 692 g/mol. The van der Waals surface area contributed by atoms with E-state index in [-0.39, 0.29) is 47.8 Å². The maximum absolute atomic E-state index is 13.6. The molecule has 2 unspecified atom stereocenters. The van der Waals surface area contributed by atoms with E-state index in [0.717, 1.165) is 48.5 Å². The average molecular weight is 743 g/mol. The van der Waals surface area contributed by atoms with Gasteiger partial charge in [0.1, 0.15) is 23.8 Å². The number of carbonyl (C=O) groups excluding carboxylic acids is 4. The number of rotatable bonds is 11. The van der Waals surface area contributed by atoms with Gasteiger partial charge in [-0.15, -0.1) is 0 Å². The van der Waals surface area contributed by atoms with Crippen LogP contribution in [0.1, 0.15) is 76.6 Å². The summed E-state index contributed by atoms with van der Waals surface area (Å²) in [6.45, 7) is 9.92. The zero-order chi connectivity index (χ0) is 38.1. The predicted octanol–water partition coefficient (Wildman–Crippen LogP) is 3.80. The van der Waals surface area contributed by atoms with Crippen LogP contribution in [-0.2, 0) is 19.1 Å². The Morgan fingerprint density at radius 3 is 1.70 bits per heavy atom. The molecule has 0 saturated carbocycles. The largest absolute Gasteiger partial charge is 0.453 e. The molecule has 288 valence electrons. The molecule has 4 amide bonds. The molecule has 15 heteroatoms. The fraction of sp³-hybridized carbons (Fsp3) is 0.538. The van der Waals surface area contributed by atoms with Crippen molar-refractivity contribution in [2.45, 2.75) is 89.6 Å². The first-order valence-corrected chi connectivity index (χ1v) is 19.0. The van der Waals surface area contributed by atoms with Crippen molar-refractivity contribution in [3.8, 4) is 23.0 Å². The zero-order valence-corrected chi connectivity index (χ0v) is 31.5. The number of amides is 4. The minimum Gasteiger partial charge on any atom is -0.453 e. The summed E-state index contributed by atoms with van der Waals surface area (Å²) in [7, 11) is 1.29. The van der Waals surface area contributed by atoms with Gasteiger partial charge in [0.05, 0.1) is 44.4 Å². The number of nitrogens with one attached hydrogen (secondary N) is 4. The van der Waals surface area contributed by atoms with Gasteiger partial charge in [-0.1, -0.05) is 39.8 Å². The number of ether oxygens (including phenoxy) is 3. The van der Waals surface area contributed by atoms with Crippen LogP contribution in [0.15, 0.2) is 46.4 Å². The van der Waals surface area contributed by atoms with Gasteiger partial charge in [0.25, 0.3) is 0 Å². The third-order valence-corrected chi connectivity index (χ3v) is 11.0. The molecule has 2 saturated heterocycles. The molecule has 5 aliphatic rings. The lowest BCUT2D eigenvalue weighted by Crippen LogP contribution is -2.54. The molecule has 4 N–H and O–H groups in total. The molecule has 15 nitrogen and oxygen atoms in total. The van der Waals surface area contributed by atoms with Crippen molar-refractivity contribution in [2.24, 2.45) is 21.8 Å². The van der Waals surface area contributed by atoms with Gasteiger partial charge in [-0.25, -0.2) is 4.79 Å². The second-order valence-corrected chi connectivity index (χ2v) is 15.2. The number of carbonyl (C=O) groups is 4. The Bertz CT molecular complexity index is 1850. The summed E-state index contributed by atoms with van der Waals surface area (Å²) < 4.78 is 17.5. The topological polar surface area (TPSA) is 175 Å². The van der Waals surface area contributed by atoms with Crippen LogP contribution < -0.4 is 30.7 Å². The van der Waals surface area contributed by atoms with Crippen LogP contribution in [0.2, 0.25) is 0 Å². The molecule has 0 aromatic heterocycles. The maximum Gasteiger partial charge on any atom is 0.407 e. The fourth-order valence-electron chi connectivity index (χ4n) is 8.06. The molecule has 6 atom stereocenters. The van der Waals surface area contributed by atoms with Gasteiger partial charge >= 0.3 is 6.09 Å². The van der Waals surface area contributed by atoms with E-state index in [1.165, 1.54) is 7.11 Å². The molecule has 2 aromatic rings. The quantitative estimate of drug-likeness (QED) is 0.213. The first kappa shape index (κ1) is 37.0. The van der Waals surface area contributed by atoms with Crippen LogP contribution in [0, 0.1) is 11.8 Å². The number of aliphatic imine (C=N–C) groups is 2. The SMILES string of the molecule is COC(=O)N[C@H](C(=O)N1CCC[C@H]1C1=NCC(c2ccc3c(c2)Oc2ccc(C4CN=C([C@@H]5CCCN5C(=O)[C@@H](NC=O)C(C)C)N4)cc2O3)N1)C(C)C. The number of hydrogen-bond donors (Lipinski definition) is 4. The molecule has 0 aliphatic carbocycles. The summed E-state index contributed by atoms with van der Waals surface area (Å²) in [5.74, 6) is 3.64. The predicted molar refractivity (Wildman–Crippen MR) is 201 cm³/mol. The van der Waals surface area contributed by atoms with Gasteiger partial charge in [0.15, 0.2) is 23.0 Å². The molecule has 7 rings (SSSR count). The van der Waals surface area contributed by atoms with Crippen molar-refractivity contribution in [1.82, 2.24) is 31.1 Å². The van der Waals surface area contributed by atoms with E-state index in [1.807, 2.05) is 73.9 Å². The first-order chi connectivity index (χ1) is 26.1. The summed E-state index contributed by atoms with van der Waals surface area (Å²) in [5, 5.41) is 12.5. The van der Waals surface area contributed by atoms with Crippen LogP contribution in [0.5, 0.6) is 23.0 Å². The van der Waals surface area contributed by atoms with E-state index in [9.17, 15) is 19.2 Å². The van der Waals surface area contributed by atoms with E-state index < -0.39 is 18.2 Å². The van der Waals surface area contributed by atoms with Crippen molar-refractivity contribution < 1.29 is 33.4 Å². The van der Waals surface area contributed by atoms with Crippen molar-refractivity contribution in [3.63, 3.8) is 0 Å². The second-order valence-electron chi connectivity index (χ2n) is 15.2. The summed E-state index contributed by atoms with van der Waals surface area (Å²) in [4.78, 5) is 63.4. The molecular formula is C39H50N8O7. The summed E-state index contributed by atoms with van der Waals surface area (Å²) in [5.41, 5.74) is 1.98. The van der Waals surface area contributed by atoms with Crippen LogP contribution >= 0.6 is 0 Å². The van der Waals surface area contributed by atoms with Crippen LogP contribution in [-0.4, -0.2) is 103 Å². The van der Waals surface area contributed by atoms with Gasteiger partial charge < -0.3 is 45.3 Å². The minimum atomic E-state index is -0.691. The lowest BCUT2D eigenvalue weighted by molar-refractivity contribution is -0.136. The number of methoxy groups -OCH3 is 1. The molecule has 0 radical (unpaired) electrons. The van der Waals surface area contributed by atoms with Gasteiger partial charge in [-0.3, -0.25) is 24.4 Å². The monoisotopic (exact) mass is 742 g/mol. The van der Waals surface area contributed by atoms with Crippen molar-refractivity contribution in [2.75, 3.05) is 33.3 Å². The molecule has 2 fully saturated rings. The number of alkyl carbamates (subject to hydrolysis) is 1. The van der Waals surface area contributed by atoms with Crippen LogP contribution in [0.4, 0.5) is 4.79 Å². The Morgan fingerprint density at radius 1 is 0.778 bits per heavy atom. The van der Waals surface area contributed by atoms with Gasteiger partial charge in [-0.05, 0) is 72.9 Å². The highest BCUT2D eigenvalue weighted by molar-refractivity contribution is 5.96. The standard InChI is InChI=1S/C39H50N8O7/c1-21(2)33(42-20-48)37(49)46-14-6-8-27(46)35-40-18-25(43-35)23-10-12-29-31(16-23)53-30-13-11-24(17-32(30)54-29)26-19-41-36(44-26)28-9-7-15-47(28)38(50)34(22(3)4)45-39(51)52-5/h10-13,16-17,20-22,25-28,33-34H,6-9,14-15,18-19H2,1-5H3,(H,40,43)(H,41,44)(H,42,48)(H,45,51)/t25?,26?,27-,28-,33-,34-/m0/s1. The van der Waals surface area contributed by atoms with Gasteiger partial charge in [0.2, 0.25) is 18.2 Å². The number of nitrogens with zero attached hydrogens (tertiary/aromatic N) is 4. The van der Waals surface area contributed by atoms with Crippen LogP contribution in [0.3, 0.4) is 0 Å². The molecule has 0 bridgehead atoms. The Labute approximate surface area is 315 Å². The minimum absolute atomic E-state index is 0.0275. The lowest BCUT2D eigenvalue weighted by Gasteiger charge is -2.31. The molecule has 5 heterocycles. The highest BCUT2D eigenvalue weighted by Gasteiger charge is 2.41.